The molecule has 2 heterocycles. The number of hydrogen-bond acceptors (Lipinski definition) is 4. The van der Waals surface area contributed by atoms with E-state index in [1.165, 1.54) is 30.0 Å². The Labute approximate surface area is 140 Å². The van der Waals surface area contributed by atoms with Gasteiger partial charge in [-0.05, 0) is 25.1 Å². The summed E-state index contributed by atoms with van der Waals surface area (Å²) in [7, 11) is 0. The Kier molecular flexibility index (Phi) is 4.41. The second-order valence-electron chi connectivity index (χ2n) is 5.24. The third-order valence-electron chi connectivity index (χ3n) is 3.53. The van der Waals surface area contributed by atoms with Crippen LogP contribution in [0.3, 0.4) is 0 Å². The third-order valence-corrected chi connectivity index (χ3v) is 4.93. The quantitative estimate of drug-likeness (QED) is 0.861. The van der Waals surface area contributed by atoms with Gasteiger partial charge in [0.15, 0.2) is 5.16 Å². The number of aromatic nitrogens is 2. The molecule has 0 fully saturated rings. The zero-order valence-corrected chi connectivity index (χ0v) is 13.7. The number of fused-ring (bicyclic) bond motifs is 1. The molecular formula is C15H13ClFN3O2S. The van der Waals surface area contributed by atoms with E-state index in [4.69, 9.17) is 11.6 Å². The second kappa shape index (κ2) is 6.33. The molecule has 1 aliphatic rings. The van der Waals surface area contributed by atoms with Crippen LogP contribution < -0.4 is 10.9 Å². The maximum absolute atomic E-state index is 13.1. The number of rotatable bonds is 3. The SMILES string of the molecule is Cc1cnc2n(c1=O)[C@@H](CC(=O)Nc1ccc(F)c(Cl)c1)CS2. The lowest BCUT2D eigenvalue weighted by atomic mass is 10.2. The zero-order valence-electron chi connectivity index (χ0n) is 12.2. The maximum Gasteiger partial charge on any atom is 0.257 e. The van der Waals surface area contributed by atoms with Crippen molar-refractivity contribution >= 4 is 35.0 Å². The Morgan fingerprint density at radius 2 is 2.35 bits per heavy atom. The molecule has 1 aromatic carbocycles. The van der Waals surface area contributed by atoms with Gasteiger partial charge in [-0.3, -0.25) is 14.2 Å². The van der Waals surface area contributed by atoms with Gasteiger partial charge in [-0.25, -0.2) is 9.37 Å². The molecule has 1 aliphatic heterocycles. The maximum atomic E-state index is 13.1. The summed E-state index contributed by atoms with van der Waals surface area (Å²) >= 11 is 7.14. The van der Waals surface area contributed by atoms with Crippen molar-refractivity contribution in [2.24, 2.45) is 0 Å². The van der Waals surface area contributed by atoms with Gasteiger partial charge >= 0.3 is 0 Å². The molecule has 5 nitrogen and oxygen atoms in total. The van der Waals surface area contributed by atoms with Gasteiger partial charge in [-0.2, -0.15) is 0 Å². The van der Waals surface area contributed by atoms with E-state index in [9.17, 15) is 14.0 Å². The molecule has 0 bridgehead atoms. The van der Waals surface area contributed by atoms with Crippen LogP contribution in [0.5, 0.6) is 0 Å². The first-order valence-electron chi connectivity index (χ1n) is 6.91. The molecule has 1 aromatic heterocycles. The minimum absolute atomic E-state index is 0.0550. The number of aryl methyl sites for hydroxylation is 1. The van der Waals surface area contributed by atoms with E-state index < -0.39 is 5.82 Å². The molecular weight excluding hydrogens is 341 g/mol. The van der Waals surface area contributed by atoms with Crippen molar-refractivity contribution < 1.29 is 9.18 Å². The van der Waals surface area contributed by atoms with Crippen molar-refractivity contribution in [3.8, 4) is 0 Å². The van der Waals surface area contributed by atoms with Crippen LogP contribution in [-0.4, -0.2) is 21.2 Å². The smallest absolute Gasteiger partial charge is 0.257 e. The van der Waals surface area contributed by atoms with Crippen molar-refractivity contribution in [1.29, 1.82) is 0 Å². The molecule has 1 amide bonds. The Morgan fingerprint density at radius 3 is 3.09 bits per heavy atom. The number of anilines is 1. The van der Waals surface area contributed by atoms with Gasteiger partial charge in [-0.1, -0.05) is 23.4 Å². The minimum Gasteiger partial charge on any atom is -0.326 e. The zero-order chi connectivity index (χ0) is 16.6. The average Bonchev–Trinajstić information content (AvgIpc) is 2.90. The molecule has 2 aromatic rings. The minimum atomic E-state index is -0.543. The van der Waals surface area contributed by atoms with Gasteiger partial charge in [0.25, 0.3) is 5.56 Å². The van der Waals surface area contributed by atoms with E-state index in [2.05, 4.69) is 10.3 Å². The van der Waals surface area contributed by atoms with Crippen LogP contribution in [0.4, 0.5) is 10.1 Å². The summed E-state index contributed by atoms with van der Waals surface area (Å²) in [6.07, 6.45) is 1.68. The van der Waals surface area contributed by atoms with Gasteiger partial charge in [0.2, 0.25) is 5.91 Å². The van der Waals surface area contributed by atoms with E-state index in [0.29, 0.717) is 22.2 Å². The van der Waals surface area contributed by atoms with E-state index in [-0.39, 0.29) is 29.0 Å². The summed E-state index contributed by atoms with van der Waals surface area (Å²) in [4.78, 5) is 28.6. The van der Waals surface area contributed by atoms with E-state index in [1.54, 1.807) is 17.7 Å². The highest BCUT2D eigenvalue weighted by Crippen LogP contribution is 2.32. The van der Waals surface area contributed by atoms with Gasteiger partial charge in [0.1, 0.15) is 5.82 Å². The summed E-state index contributed by atoms with van der Waals surface area (Å²) in [6, 6.07) is 3.74. The van der Waals surface area contributed by atoms with Crippen molar-refractivity contribution in [3.05, 3.63) is 51.2 Å². The fourth-order valence-corrected chi connectivity index (χ4v) is 3.66. The standard InChI is InChI=1S/C15H13ClFN3O2S/c1-8-6-18-15-20(14(8)22)10(7-23-15)5-13(21)19-9-2-3-12(17)11(16)4-9/h2-4,6,10H,5,7H2,1H3,(H,19,21)/t10-/m0/s1. The Hall–Kier alpha value is -1.86. The molecule has 1 N–H and O–H groups in total. The van der Waals surface area contributed by atoms with Crippen LogP contribution in [0.25, 0.3) is 0 Å². The highest BCUT2D eigenvalue weighted by atomic mass is 35.5. The Balaban J connectivity index is 1.74. The molecule has 0 saturated carbocycles. The molecule has 0 spiro atoms. The number of nitrogens with one attached hydrogen (secondary N) is 1. The molecule has 3 rings (SSSR count). The second-order valence-corrected chi connectivity index (χ2v) is 6.64. The largest absolute Gasteiger partial charge is 0.326 e. The molecule has 8 heteroatoms. The number of amides is 1. The highest BCUT2D eigenvalue weighted by Gasteiger charge is 2.27. The van der Waals surface area contributed by atoms with Crippen LogP contribution in [-0.2, 0) is 4.79 Å². The number of nitrogens with zero attached hydrogens (tertiary/aromatic N) is 2. The number of benzene rings is 1. The summed E-state index contributed by atoms with van der Waals surface area (Å²) in [5.74, 6) is -0.193. The van der Waals surface area contributed by atoms with Crippen LogP contribution in [0, 0.1) is 12.7 Å². The number of carbonyl (C=O) groups excluding carboxylic acids is 1. The van der Waals surface area contributed by atoms with Crippen LogP contribution >= 0.6 is 23.4 Å². The van der Waals surface area contributed by atoms with E-state index in [0.717, 1.165) is 0 Å². The first-order valence-corrected chi connectivity index (χ1v) is 8.28. The Bertz CT molecular complexity index is 840. The predicted molar refractivity (Wildman–Crippen MR) is 87.7 cm³/mol. The fraction of sp³-hybridized carbons (Fsp3) is 0.267. The topological polar surface area (TPSA) is 64.0 Å². The van der Waals surface area contributed by atoms with Gasteiger partial charge < -0.3 is 5.32 Å². The van der Waals surface area contributed by atoms with E-state index >= 15 is 0 Å². The predicted octanol–water partition coefficient (Wildman–Crippen LogP) is 3.02. The molecule has 0 aliphatic carbocycles. The van der Waals surface area contributed by atoms with Gasteiger partial charge in [-0.15, -0.1) is 0 Å². The average molecular weight is 354 g/mol. The normalized spacial score (nSPS) is 16.2. The summed E-state index contributed by atoms with van der Waals surface area (Å²) in [5, 5.41) is 3.24. The van der Waals surface area contributed by atoms with Crippen molar-refractivity contribution in [3.63, 3.8) is 0 Å². The van der Waals surface area contributed by atoms with Crippen molar-refractivity contribution in [1.82, 2.24) is 9.55 Å². The Morgan fingerprint density at radius 1 is 1.57 bits per heavy atom. The first kappa shape index (κ1) is 16.0. The molecule has 1 atom stereocenters. The number of hydrogen-bond donors (Lipinski definition) is 1. The first-order chi connectivity index (χ1) is 11.0. The van der Waals surface area contributed by atoms with Crippen LogP contribution in [0.1, 0.15) is 18.0 Å². The molecule has 0 unspecified atom stereocenters. The number of thioether (sulfide) groups is 1. The highest BCUT2D eigenvalue weighted by molar-refractivity contribution is 7.99. The number of carbonyl (C=O) groups is 1. The molecule has 120 valence electrons. The monoisotopic (exact) mass is 353 g/mol. The number of halogens is 2. The molecule has 0 saturated heterocycles. The van der Waals surface area contributed by atoms with Crippen molar-refractivity contribution in [2.45, 2.75) is 24.5 Å². The fourth-order valence-electron chi connectivity index (χ4n) is 2.37. The van der Waals surface area contributed by atoms with Gasteiger partial charge in [0, 0.05) is 29.6 Å². The lowest BCUT2D eigenvalue weighted by Gasteiger charge is -2.13. The van der Waals surface area contributed by atoms with Crippen LogP contribution in [0.15, 0.2) is 34.3 Å². The van der Waals surface area contributed by atoms with Crippen molar-refractivity contribution in [2.75, 3.05) is 11.1 Å². The molecule has 23 heavy (non-hydrogen) atoms. The van der Waals surface area contributed by atoms with E-state index in [1.807, 2.05) is 0 Å². The van der Waals surface area contributed by atoms with Gasteiger partial charge in [0.05, 0.1) is 11.1 Å². The lowest BCUT2D eigenvalue weighted by molar-refractivity contribution is -0.116. The molecule has 0 radical (unpaired) electrons. The lowest BCUT2D eigenvalue weighted by Crippen LogP contribution is -2.28. The summed E-state index contributed by atoms with van der Waals surface area (Å²) in [6.45, 7) is 1.70. The van der Waals surface area contributed by atoms with Crippen LogP contribution in [0.2, 0.25) is 5.02 Å². The third kappa shape index (κ3) is 3.25. The summed E-state index contributed by atoms with van der Waals surface area (Å²) in [5.41, 5.74) is 0.844. The summed E-state index contributed by atoms with van der Waals surface area (Å²) < 4.78 is 14.7.